The summed E-state index contributed by atoms with van der Waals surface area (Å²) in [5.74, 6) is 0. The third kappa shape index (κ3) is 5.52. The molecule has 1 N–H and O–H groups in total. The molecule has 12 heavy (non-hydrogen) atoms. The maximum atomic E-state index is 5.00. The lowest BCUT2D eigenvalue weighted by Crippen LogP contribution is -2.46. The first-order chi connectivity index (χ1) is 5.52. The van der Waals surface area contributed by atoms with Crippen LogP contribution in [0.25, 0.3) is 0 Å². The van der Waals surface area contributed by atoms with Crippen molar-refractivity contribution in [2.75, 3.05) is 40.9 Å². The molecule has 0 aliphatic heterocycles. The summed E-state index contributed by atoms with van der Waals surface area (Å²) in [5.41, 5.74) is 0.183. The van der Waals surface area contributed by atoms with E-state index in [9.17, 15) is 0 Å². The van der Waals surface area contributed by atoms with E-state index >= 15 is 0 Å². The third-order valence-corrected chi connectivity index (χ3v) is 2.02. The first-order valence-electron chi connectivity index (χ1n) is 4.38. The molecule has 0 aromatic heterocycles. The smallest absolute Gasteiger partial charge is 0.0589 e. The second-order valence-corrected chi connectivity index (χ2v) is 3.86. The minimum atomic E-state index is 0.183. The van der Waals surface area contributed by atoms with E-state index in [1.165, 1.54) is 0 Å². The van der Waals surface area contributed by atoms with Crippen LogP contribution in [0.2, 0.25) is 0 Å². The number of ether oxygens (including phenoxy) is 1. The molecular weight excluding hydrogens is 152 g/mol. The van der Waals surface area contributed by atoms with Gasteiger partial charge in [0, 0.05) is 25.7 Å². The normalized spacial score (nSPS) is 12.5. The lowest BCUT2D eigenvalue weighted by Gasteiger charge is -2.29. The average molecular weight is 174 g/mol. The fourth-order valence-electron chi connectivity index (χ4n) is 1.08. The van der Waals surface area contributed by atoms with E-state index in [2.05, 4.69) is 31.1 Å². The summed E-state index contributed by atoms with van der Waals surface area (Å²) in [7, 11) is 5.83. The summed E-state index contributed by atoms with van der Waals surface area (Å²) in [6, 6.07) is 0. The summed E-state index contributed by atoms with van der Waals surface area (Å²) in [4.78, 5) is 2.26. The Morgan fingerprint density at radius 1 is 1.42 bits per heavy atom. The van der Waals surface area contributed by atoms with Crippen molar-refractivity contribution in [2.24, 2.45) is 0 Å². The summed E-state index contributed by atoms with van der Waals surface area (Å²) in [6.07, 6.45) is 0. The van der Waals surface area contributed by atoms with Crippen molar-refractivity contribution in [3.05, 3.63) is 0 Å². The van der Waals surface area contributed by atoms with E-state index in [0.29, 0.717) is 0 Å². The minimum absolute atomic E-state index is 0.183. The standard InChI is InChI=1S/C9H22N2O/c1-9(2,10-3)8-11(4)6-7-12-5/h10H,6-8H2,1-5H3. The summed E-state index contributed by atoms with van der Waals surface area (Å²) in [6.45, 7) is 7.21. The second kappa shape index (κ2) is 5.51. The van der Waals surface area contributed by atoms with Crippen LogP contribution in [0.1, 0.15) is 13.8 Å². The Morgan fingerprint density at radius 3 is 2.42 bits per heavy atom. The Bertz CT molecular complexity index is 115. The zero-order chi connectivity index (χ0) is 9.61. The SMILES string of the molecule is CNC(C)(C)CN(C)CCOC. The fraction of sp³-hybridized carbons (Fsp3) is 1.00. The zero-order valence-electron chi connectivity index (χ0n) is 8.98. The van der Waals surface area contributed by atoms with E-state index in [0.717, 1.165) is 19.7 Å². The molecule has 0 atom stereocenters. The molecule has 3 heteroatoms. The monoisotopic (exact) mass is 174 g/mol. The van der Waals surface area contributed by atoms with Gasteiger partial charge in [0.1, 0.15) is 0 Å². The molecule has 0 saturated heterocycles. The Morgan fingerprint density at radius 2 is 2.00 bits per heavy atom. The molecule has 0 amide bonds. The topological polar surface area (TPSA) is 24.5 Å². The maximum Gasteiger partial charge on any atom is 0.0589 e. The van der Waals surface area contributed by atoms with Gasteiger partial charge in [0.05, 0.1) is 6.61 Å². The Balaban J connectivity index is 3.60. The molecule has 0 aromatic carbocycles. The quantitative estimate of drug-likeness (QED) is 0.637. The van der Waals surface area contributed by atoms with Crippen molar-refractivity contribution >= 4 is 0 Å². The van der Waals surface area contributed by atoms with Gasteiger partial charge in [-0.15, -0.1) is 0 Å². The average Bonchev–Trinajstić information content (AvgIpc) is 2.00. The fourth-order valence-corrected chi connectivity index (χ4v) is 1.08. The van der Waals surface area contributed by atoms with Gasteiger partial charge in [-0.3, -0.25) is 0 Å². The van der Waals surface area contributed by atoms with Gasteiger partial charge in [-0.25, -0.2) is 0 Å². The molecule has 0 aliphatic rings. The molecule has 0 aromatic rings. The van der Waals surface area contributed by atoms with Crippen LogP contribution in [0.15, 0.2) is 0 Å². The van der Waals surface area contributed by atoms with Crippen molar-refractivity contribution < 1.29 is 4.74 Å². The van der Waals surface area contributed by atoms with Crippen LogP contribution in [0.4, 0.5) is 0 Å². The number of methoxy groups -OCH3 is 1. The molecule has 0 radical (unpaired) electrons. The molecule has 3 nitrogen and oxygen atoms in total. The van der Waals surface area contributed by atoms with Gasteiger partial charge in [-0.2, -0.15) is 0 Å². The molecule has 0 spiro atoms. The molecule has 0 heterocycles. The molecule has 0 rings (SSSR count). The number of rotatable bonds is 6. The van der Waals surface area contributed by atoms with Gasteiger partial charge in [0.25, 0.3) is 0 Å². The van der Waals surface area contributed by atoms with Crippen LogP contribution in [0, 0.1) is 0 Å². The Kier molecular flexibility index (Phi) is 5.46. The van der Waals surface area contributed by atoms with E-state index in [4.69, 9.17) is 4.74 Å². The van der Waals surface area contributed by atoms with Gasteiger partial charge in [0.15, 0.2) is 0 Å². The van der Waals surface area contributed by atoms with Gasteiger partial charge < -0.3 is 15.0 Å². The number of nitrogens with zero attached hydrogens (tertiary/aromatic N) is 1. The maximum absolute atomic E-state index is 5.00. The molecule has 0 bridgehead atoms. The molecule has 0 saturated carbocycles. The number of likely N-dealkylation sites (N-methyl/N-ethyl adjacent to an activating group) is 2. The van der Waals surface area contributed by atoms with Gasteiger partial charge >= 0.3 is 0 Å². The predicted octanol–water partition coefficient (Wildman–Crippen LogP) is 0.563. The molecule has 74 valence electrons. The minimum Gasteiger partial charge on any atom is -0.383 e. The van der Waals surface area contributed by atoms with E-state index in [1.807, 2.05) is 7.05 Å². The van der Waals surface area contributed by atoms with Crippen LogP contribution in [-0.4, -0.2) is 51.3 Å². The summed E-state index contributed by atoms with van der Waals surface area (Å²) >= 11 is 0. The van der Waals surface area contributed by atoms with E-state index in [-0.39, 0.29) is 5.54 Å². The predicted molar refractivity (Wildman–Crippen MR) is 52.5 cm³/mol. The van der Waals surface area contributed by atoms with E-state index in [1.54, 1.807) is 7.11 Å². The molecule has 0 fully saturated rings. The summed E-state index contributed by atoms with van der Waals surface area (Å²) in [5, 5.41) is 3.27. The second-order valence-electron chi connectivity index (χ2n) is 3.86. The zero-order valence-corrected chi connectivity index (χ0v) is 8.98. The highest BCUT2D eigenvalue weighted by atomic mass is 16.5. The van der Waals surface area contributed by atoms with Gasteiger partial charge in [-0.05, 0) is 27.9 Å². The molecular formula is C9H22N2O. The third-order valence-electron chi connectivity index (χ3n) is 2.02. The number of hydrogen-bond acceptors (Lipinski definition) is 3. The largest absolute Gasteiger partial charge is 0.383 e. The van der Waals surface area contributed by atoms with Crippen molar-refractivity contribution in [1.82, 2.24) is 10.2 Å². The lowest BCUT2D eigenvalue weighted by atomic mass is 10.1. The highest BCUT2D eigenvalue weighted by molar-refractivity contribution is 4.78. The van der Waals surface area contributed by atoms with Crippen LogP contribution >= 0.6 is 0 Å². The van der Waals surface area contributed by atoms with Crippen molar-refractivity contribution in [3.63, 3.8) is 0 Å². The Labute approximate surface area is 76.1 Å². The van der Waals surface area contributed by atoms with E-state index < -0.39 is 0 Å². The van der Waals surface area contributed by atoms with Crippen molar-refractivity contribution in [1.29, 1.82) is 0 Å². The van der Waals surface area contributed by atoms with Gasteiger partial charge in [0.2, 0.25) is 0 Å². The number of nitrogens with one attached hydrogen (secondary N) is 1. The highest BCUT2D eigenvalue weighted by Gasteiger charge is 2.16. The first-order valence-corrected chi connectivity index (χ1v) is 4.38. The molecule has 0 aliphatic carbocycles. The number of hydrogen-bond donors (Lipinski definition) is 1. The summed E-state index contributed by atoms with van der Waals surface area (Å²) < 4.78 is 5.00. The van der Waals surface area contributed by atoms with Crippen molar-refractivity contribution in [3.8, 4) is 0 Å². The first kappa shape index (κ1) is 11.9. The van der Waals surface area contributed by atoms with Gasteiger partial charge in [-0.1, -0.05) is 0 Å². The lowest BCUT2D eigenvalue weighted by molar-refractivity contribution is 0.146. The van der Waals surface area contributed by atoms with Crippen molar-refractivity contribution in [2.45, 2.75) is 19.4 Å². The molecule has 0 unspecified atom stereocenters. The van der Waals surface area contributed by atoms with Crippen LogP contribution in [-0.2, 0) is 4.74 Å². The van der Waals surface area contributed by atoms with Crippen LogP contribution in [0.3, 0.4) is 0 Å². The van der Waals surface area contributed by atoms with Crippen LogP contribution in [0.5, 0.6) is 0 Å². The highest BCUT2D eigenvalue weighted by Crippen LogP contribution is 2.02. The van der Waals surface area contributed by atoms with Crippen LogP contribution < -0.4 is 5.32 Å². The Hall–Kier alpha value is -0.120.